The van der Waals surface area contributed by atoms with Crippen LogP contribution in [0.1, 0.15) is 143 Å². The Morgan fingerprint density at radius 3 is 1.92 bits per heavy atom. The van der Waals surface area contributed by atoms with E-state index < -0.39 is 0 Å². The topological polar surface area (TPSA) is 44.8 Å². The highest BCUT2D eigenvalue weighted by atomic mass is 16.5. The summed E-state index contributed by atoms with van der Waals surface area (Å²) < 4.78 is 16.8. The first-order valence-electron chi connectivity index (χ1n) is 15.6. The summed E-state index contributed by atoms with van der Waals surface area (Å²) in [4.78, 5) is 11.9. The average molecular weight is 509 g/mol. The average Bonchev–Trinajstić information content (AvgIpc) is 3.19. The summed E-state index contributed by atoms with van der Waals surface area (Å²) in [6.07, 6.45) is 28.3. The molecule has 2 unspecified atom stereocenters. The molecule has 1 saturated heterocycles. The van der Waals surface area contributed by atoms with Gasteiger partial charge >= 0.3 is 5.97 Å². The highest BCUT2D eigenvalue weighted by molar-refractivity contribution is 5.69. The molecule has 0 bridgehead atoms. The minimum atomic E-state index is -0.0587. The second kappa shape index (κ2) is 24.5. The van der Waals surface area contributed by atoms with Gasteiger partial charge in [-0.05, 0) is 50.4 Å². The zero-order valence-corrected chi connectivity index (χ0v) is 24.3. The monoisotopic (exact) mass is 508 g/mol. The van der Waals surface area contributed by atoms with Gasteiger partial charge in [0.25, 0.3) is 0 Å². The lowest BCUT2D eigenvalue weighted by Gasteiger charge is -2.16. The number of rotatable bonds is 25. The van der Waals surface area contributed by atoms with Gasteiger partial charge in [0.05, 0.1) is 12.7 Å². The van der Waals surface area contributed by atoms with Crippen LogP contribution < -0.4 is 0 Å². The predicted octanol–water partition coefficient (Wildman–Crippen LogP) is 9.21. The van der Waals surface area contributed by atoms with Crippen molar-refractivity contribution in [2.75, 3.05) is 26.4 Å². The van der Waals surface area contributed by atoms with E-state index in [0.29, 0.717) is 37.6 Å². The van der Waals surface area contributed by atoms with Gasteiger partial charge in [0.1, 0.15) is 0 Å². The molecule has 1 aliphatic rings. The molecule has 3 atom stereocenters. The lowest BCUT2D eigenvalue weighted by Crippen LogP contribution is -2.18. The lowest BCUT2D eigenvalue weighted by atomic mass is 9.93. The SMILES string of the molecule is CCCCCCCCCCC/C=C/CCCCCCCC(=O)OCCCOCCC1OCC(C)[C@@H]1C. The Bertz CT molecular complexity index is 518. The van der Waals surface area contributed by atoms with Crippen molar-refractivity contribution in [3.63, 3.8) is 0 Å². The van der Waals surface area contributed by atoms with E-state index in [0.717, 1.165) is 38.9 Å². The van der Waals surface area contributed by atoms with Gasteiger partial charge < -0.3 is 14.2 Å². The summed E-state index contributed by atoms with van der Waals surface area (Å²) in [6.45, 7) is 9.51. The smallest absolute Gasteiger partial charge is 0.305 e. The third-order valence-corrected chi connectivity index (χ3v) is 7.69. The molecule has 4 nitrogen and oxygen atoms in total. The van der Waals surface area contributed by atoms with Gasteiger partial charge in [-0.15, -0.1) is 0 Å². The number of hydrogen-bond acceptors (Lipinski definition) is 4. The van der Waals surface area contributed by atoms with Crippen LogP contribution in [-0.2, 0) is 19.0 Å². The third kappa shape index (κ3) is 19.3. The molecule has 0 amide bonds. The van der Waals surface area contributed by atoms with E-state index in [4.69, 9.17) is 14.2 Å². The van der Waals surface area contributed by atoms with E-state index in [2.05, 4.69) is 32.9 Å². The molecule has 0 saturated carbocycles. The molecule has 1 rings (SSSR count). The van der Waals surface area contributed by atoms with Crippen LogP contribution >= 0.6 is 0 Å². The summed E-state index contributed by atoms with van der Waals surface area (Å²) in [5.41, 5.74) is 0. The molecule has 0 aromatic carbocycles. The molecule has 1 aliphatic heterocycles. The van der Waals surface area contributed by atoms with Crippen molar-refractivity contribution < 1.29 is 19.0 Å². The quantitative estimate of drug-likeness (QED) is 0.0700. The fraction of sp³-hybridized carbons (Fsp3) is 0.906. The molecule has 0 spiro atoms. The van der Waals surface area contributed by atoms with Crippen molar-refractivity contribution in [1.82, 2.24) is 0 Å². The van der Waals surface area contributed by atoms with Crippen molar-refractivity contribution in [2.24, 2.45) is 11.8 Å². The van der Waals surface area contributed by atoms with Gasteiger partial charge in [0.15, 0.2) is 0 Å². The Labute approximate surface area is 224 Å². The van der Waals surface area contributed by atoms with Crippen LogP contribution in [0.15, 0.2) is 12.2 Å². The lowest BCUT2D eigenvalue weighted by molar-refractivity contribution is -0.144. The fourth-order valence-corrected chi connectivity index (χ4v) is 4.88. The van der Waals surface area contributed by atoms with Crippen molar-refractivity contribution in [3.05, 3.63) is 12.2 Å². The van der Waals surface area contributed by atoms with Gasteiger partial charge in [-0.25, -0.2) is 0 Å². The molecule has 0 aliphatic carbocycles. The van der Waals surface area contributed by atoms with Crippen LogP contribution in [0.25, 0.3) is 0 Å². The van der Waals surface area contributed by atoms with E-state index in [-0.39, 0.29) is 5.97 Å². The molecule has 0 aromatic rings. The van der Waals surface area contributed by atoms with Crippen molar-refractivity contribution in [2.45, 2.75) is 149 Å². The molecular formula is C32H60O4. The molecule has 212 valence electrons. The molecule has 36 heavy (non-hydrogen) atoms. The van der Waals surface area contributed by atoms with E-state index in [1.807, 2.05) is 0 Å². The normalized spacial score (nSPS) is 19.9. The summed E-state index contributed by atoms with van der Waals surface area (Å²) in [6, 6.07) is 0. The molecule has 1 heterocycles. The highest BCUT2D eigenvalue weighted by Gasteiger charge is 2.30. The van der Waals surface area contributed by atoms with Gasteiger partial charge in [-0.3, -0.25) is 4.79 Å². The Morgan fingerprint density at radius 2 is 1.33 bits per heavy atom. The standard InChI is InChI=1S/C32H60O4/c1-4-5-6-7-8-9-10-11-12-13-14-15-16-17-18-19-20-21-23-32(33)35-26-22-25-34-27-24-31-30(3)29(2)28-36-31/h14-15,29-31H,4-13,16-28H2,1-3H3/b15-14+/t29?,30-,31?/m0/s1. The van der Waals surface area contributed by atoms with Crippen molar-refractivity contribution in [3.8, 4) is 0 Å². The van der Waals surface area contributed by atoms with Crippen molar-refractivity contribution in [1.29, 1.82) is 0 Å². The molecule has 0 aromatic heterocycles. The summed E-state index contributed by atoms with van der Waals surface area (Å²) in [5, 5.41) is 0. The number of carbonyl (C=O) groups is 1. The van der Waals surface area contributed by atoms with Crippen molar-refractivity contribution >= 4 is 5.97 Å². The Balaban J connectivity index is 1.75. The number of esters is 1. The van der Waals surface area contributed by atoms with Gasteiger partial charge in [-0.2, -0.15) is 0 Å². The van der Waals surface area contributed by atoms with Crippen LogP contribution in [0.4, 0.5) is 0 Å². The fourth-order valence-electron chi connectivity index (χ4n) is 4.88. The number of unbranched alkanes of at least 4 members (excludes halogenated alkanes) is 14. The zero-order chi connectivity index (χ0) is 26.1. The van der Waals surface area contributed by atoms with E-state index >= 15 is 0 Å². The number of carbonyl (C=O) groups excluding carboxylic acids is 1. The minimum absolute atomic E-state index is 0.0587. The summed E-state index contributed by atoms with van der Waals surface area (Å²) >= 11 is 0. The van der Waals surface area contributed by atoms with Gasteiger partial charge in [0.2, 0.25) is 0 Å². The van der Waals surface area contributed by atoms with E-state index in [9.17, 15) is 4.79 Å². The predicted molar refractivity (Wildman–Crippen MR) is 152 cm³/mol. The first-order chi connectivity index (χ1) is 17.6. The largest absolute Gasteiger partial charge is 0.466 e. The van der Waals surface area contributed by atoms with Crippen LogP contribution in [-0.4, -0.2) is 38.5 Å². The molecule has 1 fully saturated rings. The first kappa shape index (κ1) is 33.2. The summed E-state index contributed by atoms with van der Waals surface area (Å²) in [5.74, 6) is 1.21. The Morgan fingerprint density at radius 1 is 0.750 bits per heavy atom. The number of allylic oxidation sites excluding steroid dienone is 2. The molecule has 0 N–H and O–H groups in total. The maximum absolute atomic E-state index is 11.9. The molecule has 0 radical (unpaired) electrons. The van der Waals surface area contributed by atoms with Crippen LogP contribution in [0, 0.1) is 11.8 Å². The third-order valence-electron chi connectivity index (χ3n) is 7.69. The van der Waals surface area contributed by atoms with Gasteiger partial charge in [0, 0.05) is 32.7 Å². The molecule has 4 heteroatoms. The minimum Gasteiger partial charge on any atom is -0.466 e. The van der Waals surface area contributed by atoms with Crippen LogP contribution in [0.3, 0.4) is 0 Å². The van der Waals surface area contributed by atoms with Crippen LogP contribution in [0.5, 0.6) is 0 Å². The maximum atomic E-state index is 11.9. The summed E-state index contributed by atoms with van der Waals surface area (Å²) in [7, 11) is 0. The number of hydrogen-bond donors (Lipinski definition) is 0. The second-order valence-electron chi connectivity index (χ2n) is 11.1. The highest BCUT2D eigenvalue weighted by Crippen LogP contribution is 2.28. The first-order valence-corrected chi connectivity index (χ1v) is 15.6. The van der Waals surface area contributed by atoms with E-state index in [1.54, 1.807) is 0 Å². The maximum Gasteiger partial charge on any atom is 0.305 e. The van der Waals surface area contributed by atoms with E-state index in [1.165, 1.54) is 89.9 Å². The Kier molecular flexibility index (Phi) is 22.5. The van der Waals surface area contributed by atoms with Gasteiger partial charge in [-0.1, -0.05) is 104 Å². The Hall–Kier alpha value is -0.870. The number of ether oxygens (including phenoxy) is 3. The second-order valence-corrected chi connectivity index (χ2v) is 11.1. The van der Waals surface area contributed by atoms with Crippen LogP contribution in [0.2, 0.25) is 0 Å². The zero-order valence-electron chi connectivity index (χ0n) is 24.3. The molecular weight excluding hydrogens is 448 g/mol.